The third-order valence-electron chi connectivity index (χ3n) is 2.99. The van der Waals surface area contributed by atoms with E-state index >= 15 is 0 Å². The van der Waals surface area contributed by atoms with Crippen molar-refractivity contribution in [3.8, 4) is 0 Å². The average Bonchev–Trinajstić information content (AvgIpc) is 2.93. The lowest BCUT2D eigenvalue weighted by molar-refractivity contribution is 0.630. The van der Waals surface area contributed by atoms with Gasteiger partial charge in [-0.3, -0.25) is 0 Å². The fourth-order valence-corrected chi connectivity index (χ4v) is 4.10. The molecule has 0 radical (unpaired) electrons. The van der Waals surface area contributed by atoms with E-state index in [0.717, 1.165) is 15.0 Å². The summed E-state index contributed by atoms with van der Waals surface area (Å²) in [5.74, 6) is -0.201. The van der Waals surface area contributed by atoms with Crippen molar-refractivity contribution in [2.45, 2.75) is 13.0 Å². The quantitative estimate of drug-likeness (QED) is 0.735. The van der Waals surface area contributed by atoms with Crippen LogP contribution in [-0.2, 0) is 0 Å². The zero-order valence-corrected chi connectivity index (χ0v) is 11.4. The van der Waals surface area contributed by atoms with Crippen molar-refractivity contribution in [2.24, 2.45) is 5.73 Å². The molecule has 3 rings (SSSR count). The normalized spacial score (nSPS) is 13.1. The SMILES string of the molecule is Cc1ccsc1C(N)c1cc2cc(F)ccc2s1. The summed E-state index contributed by atoms with van der Waals surface area (Å²) < 4.78 is 14.2. The fourth-order valence-electron chi connectivity index (χ4n) is 2.02. The van der Waals surface area contributed by atoms with Crippen LogP contribution in [-0.4, -0.2) is 0 Å². The molecule has 2 aromatic heterocycles. The lowest BCUT2D eigenvalue weighted by Gasteiger charge is -2.08. The molecule has 2 heterocycles. The highest BCUT2D eigenvalue weighted by atomic mass is 32.1. The Morgan fingerprint density at radius 3 is 2.78 bits per heavy atom. The minimum atomic E-state index is -0.201. The van der Waals surface area contributed by atoms with Gasteiger partial charge in [-0.05, 0) is 53.6 Å². The first kappa shape index (κ1) is 11.8. The third kappa shape index (κ3) is 1.96. The Hall–Kier alpha value is -1.23. The van der Waals surface area contributed by atoms with Gasteiger partial charge in [0.1, 0.15) is 5.82 Å². The molecule has 0 aliphatic rings. The van der Waals surface area contributed by atoms with Gasteiger partial charge in [0, 0.05) is 14.5 Å². The van der Waals surface area contributed by atoms with Crippen LogP contribution in [0.5, 0.6) is 0 Å². The van der Waals surface area contributed by atoms with Crippen LogP contribution in [0.2, 0.25) is 0 Å². The first-order valence-electron chi connectivity index (χ1n) is 5.64. The highest BCUT2D eigenvalue weighted by Gasteiger charge is 2.15. The standard InChI is InChI=1S/C14H12FNS2/c1-8-4-5-17-14(8)13(16)12-7-9-6-10(15)2-3-11(9)18-12/h2-7,13H,16H2,1H3. The number of fused-ring (bicyclic) bond motifs is 1. The molecule has 0 bridgehead atoms. The Bertz CT molecular complexity index is 699. The van der Waals surface area contributed by atoms with Crippen LogP contribution in [0.15, 0.2) is 35.7 Å². The summed E-state index contributed by atoms with van der Waals surface area (Å²) in [6.45, 7) is 2.07. The molecule has 1 unspecified atom stereocenters. The number of aryl methyl sites for hydroxylation is 1. The van der Waals surface area contributed by atoms with E-state index < -0.39 is 0 Å². The molecule has 4 heteroatoms. The van der Waals surface area contributed by atoms with Gasteiger partial charge in [-0.15, -0.1) is 22.7 Å². The molecule has 3 aromatic rings. The molecule has 2 N–H and O–H groups in total. The van der Waals surface area contributed by atoms with Crippen molar-refractivity contribution < 1.29 is 4.39 Å². The minimum absolute atomic E-state index is 0.106. The van der Waals surface area contributed by atoms with Gasteiger partial charge < -0.3 is 5.73 Å². The van der Waals surface area contributed by atoms with E-state index in [-0.39, 0.29) is 11.9 Å². The lowest BCUT2D eigenvalue weighted by Crippen LogP contribution is -2.09. The summed E-state index contributed by atoms with van der Waals surface area (Å²) >= 11 is 3.31. The van der Waals surface area contributed by atoms with Crippen LogP contribution in [0.4, 0.5) is 4.39 Å². The van der Waals surface area contributed by atoms with Crippen molar-refractivity contribution in [1.29, 1.82) is 0 Å². The second kappa shape index (κ2) is 4.46. The van der Waals surface area contributed by atoms with Crippen LogP contribution < -0.4 is 5.73 Å². The van der Waals surface area contributed by atoms with E-state index in [1.165, 1.54) is 16.5 Å². The van der Waals surface area contributed by atoms with E-state index in [1.807, 2.05) is 12.1 Å². The maximum absolute atomic E-state index is 13.2. The molecule has 1 nitrogen and oxygen atoms in total. The zero-order chi connectivity index (χ0) is 12.7. The van der Waals surface area contributed by atoms with Crippen molar-refractivity contribution in [1.82, 2.24) is 0 Å². The Morgan fingerprint density at radius 2 is 2.06 bits per heavy atom. The Balaban J connectivity index is 2.07. The van der Waals surface area contributed by atoms with Crippen molar-refractivity contribution in [2.75, 3.05) is 0 Å². The van der Waals surface area contributed by atoms with Crippen molar-refractivity contribution in [3.63, 3.8) is 0 Å². The molecule has 18 heavy (non-hydrogen) atoms. The summed E-state index contributed by atoms with van der Waals surface area (Å²) in [6.07, 6.45) is 0. The minimum Gasteiger partial charge on any atom is -0.319 e. The number of hydrogen-bond acceptors (Lipinski definition) is 3. The Kier molecular flexibility index (Phi) is 2.93. The maximum atomic E-state index is 13.2. The van der Waals surface area contributed by atoms with Crippen molar-refractivity contribution in [3.05, 3.63) is 56.8 Å². The largest absolute Gasteiger partial charge is 0.319 e. The molecule has 0 saturated heterocycles. The number of nitrogens with two attached hydrogens (primary N) is 1. The topological polar surface area (TPSA) is 26.0 Å². The van der Waals surface area contributed by atoms with Gasteiger partial charge in [-0.2, -0.15) is 0 Å². The van der Waals surface area contributed by atoms with Gasteiger partial charge in [0.05, 0.1) is 6.04 Å². The summed E-state index contributed by atoms with van der Waals surface area (Å²) in [6, 6.07) is 8.82. The second-order valence-electron chi connectivity index (χ2n) is 4.28. The van der Waals surface area contributed by atoms with Gasteiger partial charge in [0.25, 0.3) is 0 Å². The van der Waals surface area contributed by atoms with E-state index in [9.17, 15) is 4.39 Å². The first-order valence-corrected chi connectivity index (χ1v) is 7.33. The third-order valence-corrected chi connectivity index (χ3v) is 5.29. The predicted octanol–water partition coefficient (Wildman–Crippen LogP) is 4.46. The summed E-state index contributed by atoms with van der Waals surface area (Å²) in [5.41, 5.74) is 7.51. The molecule has 0 saturated carbocycles. The Morgan fingerprint density at radius 1 is 1.22 bits per heavy atom. The van der Waals surface area contributed by atoms with Crippen LogP contribution >= 0.6 is 22.7 Å². The highest BCUT2D eigenvalue weighted by Crippen LogP contribution is 2.35. The monoisotopic (exact) mass is 277 g/mol. The average molecular weight is 277 g/mol. The number of thiophene rings is 2. The van der Waals surface area contributed by atoms with E-state index in [1.54, 1.807) is 28.7 Å². The van der Waals surface area contributed by atoms with Crippen LogP contribution in [0.25, 0.3) is 10.1 Å². The fraction of sp³-hybridized carbons (Fsp3) is 0.143. The molecule has 0 aliphatic heterocycles. The second-order valence-corrected chi connectivity index (χ2v) is 6.34. The number of rotatable bonds is 2. The Labute approximate surface area is 113 Å². The van der Waals surface area contributed by atoms with Crippen LogP contribution in [0.1, 0.15) is 21.4 Å². The summed E-state index contributed by atoms with van der Waals surface area (Å²) in [4.78, 5) is 2.27. The van der Waals surface area contributed by atoms with E-state index in [0.29, 0.717) is 0 Å². The maximum Gasteiger partial charge on any atom is 0.123 e. The van der Waals surface area contributed by atoms with Gasteiger partial charge in [0.2, 0.25) is 0 Å². The van der Waals surface area contributed by atoms with Gasteiger partial charge in [0.15, 0.2) is 0 Å². The highest BCUT2D eigenvalue weighted by molar-refractivity contribution is 7.19. The van der Waals surface area contributed by atoms with Gasteiger partial charge in [-0.25, -0.2) is 4.39 Å². The number of halogens is 1. The molecule has 92 valence electrons. The summed E-state index contributed by atoms with van der Waals surface area (Å²) in [7, 11) is 0. The zero-order valence-electron chi connectivity index (χ0n) is 9.81. The van der Waals surface area contributed by atoms with E-state index in [2.05, 4.69) is 18.4 Å². The number of benzene rings is 1. The molecule has 0 aliphatic carbocycles. The molecule has 1 aromatic carbocycles. The van der Waals surface area contributed by atoms with Gasteiger partial charge in [-0.1, -0.05) is 0 Å². The van der Waals surface area contributed by atoms with Gasteiger partial charge >= 0.3 is 0 Å². The molecule has 1 atom stereocenters. The molecular weight excluding hydrogens is 265 g/mol. The predicted molar refractivity (Wildman–Crippen MR) is 76.9 cm³/mol. The molecule has 0 spiro atoms. The molecule has 0 amide bonds. The van der Waals surface area contributed by atoms with E-state index in [4.69, 9.17) is 5.73 Å². The smallest absolute Gasteiger partial charge is 0.123 e. The van der Waals surface area contributed by atoms with Crippen LogP contribution in [0, 0.1) is 12.7 Å². The molecule has 0 fully saturated rings. The van der Waals surface area contributed by atoms with Crippen LogP contribution in [0.3, 0.4) is 0 Å². The van der Waals surface area contributed by atoms with Crippen molar-refractivity contribution >= 4 is 32.8 Å². The molecular formula is C14H12FNS2. The first-order chi connectivity index (χ1) is 8.65. The number of hydrogen-bond donors (Lipinski definition) is 1. The summed E-state index contributed by atoms with van der Waals surface area (Å²) in [5, 5.41) is 2.98. The lowest BCUT2D eigenvalue weighted by atomic mass is 10.1.